The Balaban J connectivity index is 0.000000261. The highest BCUT2D eigenvalue weighted by atomic mass is 32.2. The summed E-state index contributed by atoms with van der Waals surface area (Å²) >= 11 is 0. The van der Waals surface area contributed by atoms with Crippen LogP contribution < -0.4 is 0 Å². The van der Waals surface area contributed by atoms with Crippen molar-refractivity contribution < 1.29 is 13.0 Å². The SMILES string of the molecule is C=Cc1ccccc1.O=[SH](=O)O. The molecule has 1 aromatic rings. The molecular weight excluding hydrogens is 176 g/mol. The molecule has 0 heterocycles. The average Bonchev–Trinajstić information content (AvgIpc) is 2.05. The molecule has 0 spiro atoms. The number of rotatable bonds is 1. The fourth-order valence-corrected chi connectivity index (χ4v) is 0.589. The lowest BCUT2D eigenvalue weighted by Gasteiger charge is -1.85. The molecule has 1 aromatic carbocycles. The molecule has 0 aliphatic carbocycles. The number of thiol groups is 1. The Bertz CT molecular complexity index is 282. The van der Waals surface area contributed by atoms with Gasteiger partial charge in [-0.05, 0) is 5.56 Å². The molecule has 0 aliphatic rings. The summed E-state index contributed by atoms with van der Waals surface area (Å²) in [7, 11) is -3.12. The van der Waals surface area contributed by atoms with Crippen LogP contribution in [-0.2, 0) is 11.0 Å². The first-order chi connectivity index (χ1) is 5.66. The molecule has 1 rings (SSSR count). The van der Waals surface area contributed by atoms with Gasteiger partial charge in [0.1, 0.15) is 0 Å². The zero-order valence-electron chi connectivity index (χ0n) is 6.38. The van der Waals surface area contributed by atoms with Gasteiger partial charge in [-0.2, -0.15) is 0 Å². The van der Waals surface area contributed by atoms with Crippen molar-refractivity contribution in [1.82, 2.24) is 0 Å². The Labute approximate surface area is 73.1 Å². The lowest BCUT2D eigenvalue weighted by molar-refractivity contribution is 0.509. The lowest BCUT2D eigenvalue weighted by atomic mass is 10.2. The third-order valence-corrected chi connectivity index (χ3v) is 1.04. The fourth-order valence-electron chi connectivity index (χ4n) is 0.589. The maximum atomic E-state index is 8.59. The van der Waals surface area contributed by atoms with E-state index in [1.807, 2.05) is 36.4 Å². The van der Waals surface area contributed by atoms with Crippen LogP contribution in [0.5, 0.6) is 0 Å². The molecule has 0 radical (unpaired) electrons. The minimum absolute atomic E-state index is 1.17. The van der Waals surface area contributed by atoms with Gasteiger partial charge in [0.05, 0.1) is 0 Å². The molecule has 3 nitrogen and oxygen atoms in total. The normalized spacial score (nSPS) is 8.50. The van der Waals surface area contributed by atoms with Crippen molar-refractivity contribution >= 4 is 17.1 Å². The molecule has 0 saturated heterocycles. The van der Waals surface area contributed by atoms with Crippen molar-refractivity contribution in [2.75, 3.05) is 0 Å². The van der Waals surface area contributed by atoms with E-state index in [1.165, 1.54) is 5.56 Å². The van der Waals surface area contributed by atoms with Gasteiger partial charge in [-0.15, -0.1) is 0 Å². The van der Waals surface area contributed by atoms with Gasteiger partial charge in [0, 0.05) is 0 Å². The van der Waals surface area contributed by atoms with E-state index < -0.39 is 11.0 Å². The Kier molecular flexibility index (Phi) is 5.95. The van der Waals surface area contributed by atoms with Crippen molar-refractivity contribution in [3.8, 4) is 0 Å². The van der Waals surface area contributed by atoms with E-state index in [2.05, 4.69) is 6.58 Å². The van der Waals surface area contributed by atoms with Crippen LogP contribution in [0.15, 0.2) is 36.9 Å². The molecule has 0 saturated carbocycles. The summed E-state index contributed by atoms with van der Waals surface area (Å²) in [5.74, 6) is 0. The maximum absolute atomic E-state index is 8.59. The van der Waals surface area contributed by atoms with E-state index in [-0.39, 0.29) is 0 Å². The molecule has 0 aromatic heterocycles. The first-order valence-electron chi connectivity index (χ1n) is 3.17. The molecule has 12 heavy (non-hydrogen) atoms. The van der Waals surface area contributed by atoms with Gasteiger partial charge >= 0.3 is 0 Å². The first-order valence-corrected chi connectivity index (χ1v) is 4.30. The van der Waals surface area contributed by atoms with Gasteiger partial charge < -0.3 is 0 Å². The van der Waals surface area contributed by atoms with Crippen LogP contribution in [-0.4, -0.2) is 13.0 Å². The summed E-state index contributed by atoms with van der Waals surface area (Å²) < 4.78 is 24.2. The monoisotopic (exact) mass is 186 g/mol. The largest absolute Gasteiger partial charge is 0.288 e. The summed E-state index contributed by atoms with van der Waals surface area (Å²) in [5.41, 5.74) is 1.17. The molecule has 66 valence electrons. The third kappa shape index (κ3) is 6.98. The van der Waals surface area contributed by atoms with Crippen LogP contribution in [0.1, 0.15) is 5.56 Å². The Morgan fingerprint density at radius 3 is 1.92 bits per heavy atom. The minimum Gasteiger partial charge on any atom is -0.288 e. The number of hydrogen-bond donors (Lipinski definition) is 2. The van der Waals surface area contributed by atoms with Crippen molar-refractivity contribution in [3.05, 3.63) is 42.5 Å². The summed E-state index contributed by atoms with van der Waals surface area (Å²) in [5, 5.41) is 0. The highest BCUT2D eigenvalue weighted by molar-refractivity contribution is 7.66. The summed E-state index contributed by atoms with van der Waals surface area (Å²) in [6.07, 6.45) is 1.83. The molecule has 0 aliphatic heterocycles. The zero-order chi connectivity index (χ0) is 9.40. The zero-order valence-corrected chi connectivity index (χ0v) is 7.28. The molecule has 0 fully saturated rings. The van der Waals surface area contributed by atoms with E-state index in [0.29, 0.717) is 0 Å². The van der Waals surface area contributed by atoms with Crippen molar-refractivity contribution in [1.29, 1.82) is 0 Å². The minimum atomic E-state index is -3.12. The second-order valence-electron chi connectivity index (χ2n) is 1.85. The van der Waals surface area contributed by atoms with E-state index in [9.17, 15) is 0 Å². The molecular formula is C8H10O3S. The second-order valence-corrected chi connectivity index (χ2v) is 2.33. The van der Waals surface area contributed by atoms with Gasteiger partial charge in [0.2, 0.25) is 0 Å². The van der Waals surface area contributed by atoms with Gasteiger partial charge in [-0.3, -0.25) is 4.55 Å². The summed E-state index contributed by atoms with van der Waals surface area (Å²) in [4.78, 5) is 0. The van der Waals surface area contributed by atoms with Crippen LogP contribution in [0, 0.1) is 0 Å². The predicted molar refractivity (Wildman–Crippen MR) is 49.5 cm³/mol. The van der Waals surface area contributed by atoms with E-state index in [1.54, 1.807) is 0 Å². The summed E-state index contributed by atoms with van der Waals surface area (Å²) in [6.45, 7) is 3.63. The molecule has 1 N–H and O–H groups in total. The van der Waals surface area contributed by atoms with Gasteiger partial charge in [-0.25, -0.2) is 8.42 Å². The Morgan fingerprint density at radius 1 is 1.25 bits per heavy atom. The fraction of sp³-hybridized carbons (Fsp3) is 0. The molecule has 0 bridgehead atoms. The predicted octanol–water partition coefficient (Wildman–Crippen LogP) is 1.40. The van der Waals surface area contributed by atoms with Gasteiger partial charge in [0.15, 0.2) is 0 Å². The lowest BCUT2D eigenvalue weighted by Crippen LogP contribution is -1.63. The van der Waals surface area contributed by atoms with Crippen LogP contribution in [0.2, 0.25) is 0 Å². The molecule has 0 atom stereocenters. The maximum Gasteiger partial charge on any atom is 0.254 e. The van der Waals surface area contributed by atoms with Gasteiger partial charge in [0.25, 0.3) is 11.0 Å². The quantitative estimate of drug-likeness (QED) is 0.515. The standard InChI is InChI=1S/C8H8.H2O3S/c1-2-8-6-4-3-5-7-8;1-4(2)3/h2-7H,1H2;4H,(H,1,2,3). The topological polar surface area (TPSA) is 54.4 Å². The van der Waals surface area contributed by atoms with Crippen LogP contribution in [0.4, 0.5) is 0 Å². The number of benzene rings is 1. The first kappa shape index (κ1) is 10.9. The van der Waals surface area contributed by atoms with Crippen molar-refractivity contribution in [2.45, 2.75) is 0 Å². The number of hydrogen-bond acceptors (Lipinski definition) is 2. The van der Waals surface area contributed by atoms with Crippen LogP contribution in [0.3, 0.4) is 0 Å². The van der Waals surface area contributed by atoms with Gasteiger partial charge in [-0.1, -0.05) is 43.0 Å². The van der Waals surface area contributed by atoms with E-state index in [0.717, 1.165) is 0 Å². The molecule has 0 unspecified atom stereocenters. The van der Waals surface area contributed by atoms with E-state index >= 15 is 0 Å². The average molecular weight is 186 g/mol. The van der Waals surface area contributed by atoms with Crippen molar-refractivity contribution in [3.63, 3.8) is 0 Å². The molecule has 4 heteroatoms. The van der Waals surface area contributed by atoms with E-state index in [4.69, 9.17) is 13.0 Å². The smallest absolute Gasteiger partial charge is 0.254 e. The Morgan fingerprint density at radius 2 is 1.67 bits per heavy atom. The Hall–Kier alpha value is -1.13. The summed E-state index contributed by atoms with van der Waals surface area (Å²) in [6, 6.07) is 10.0. The highest BCUT2D eigenvalue weighted by Gasteiger charge is 1.75. The molecule has 0 amide bonds. The highest BCUT2D eigenvalue weighted by Crippen LogP contribution is 1.97. The second kappa shape index (κ2) is 6.57. The van der Waals surface area contributed by atoms with Crippen LogP contribution in [0.25, 0.3) is 6.08 Å². The van der Waals surface area contributed by atoms with Crippen LogP contribution >= 0.6 is 0 Å². The van der Waals surface area contributed by atoms with Crippen molar-refractivity contribution in [2.24, 2.45) is 0 Å². The third-order valence-electron chi connectivity index (χ3n) is 1.04.